The quantitative estimate of drug-likeness (QED) is 0.738. The number of piperidine rings is 1. The molecule has 2 aliphatic heterocycles. The molecule has 2 fully saturated rings. The second kappa shape index (κ2) is 8.68. The van der Waals surface area contributed by atoms with Gasteiger partial charge in [0.1, 0.15) is 6.61 Å². The molecule has 0 saturated carbocycles. The van der Waals surface area contributed by atoms with E-state index in [1.807, 2.05) is 17.0 Å². The van der Waals surface area contributed by atoms with Crippen LogP contribution in [0.3, 0.4) is 0 Å². The molecule has 2 heterocycles. The van der Waals surface area contributed by atoms with Crippen LogP contribution in [0.1, 0.15) is 18.4 Å². The normalized spacial score (nSPS) is 26.3. The molecule has 3 rings (SSSR count). The van der Waals surface area contributed by atoms with E-state index in [0.717, 1.165) is 5.56 Å². The Balaban J connectivity index is 1.59. The third-order valence-corrected chi connectivity index (χ3v) is 5.32. The van der Waals surface area contributed by atoms with Crippen molar-refractivity contribution in [3.05, 3.63) is 23.8 Å². The van der Waals surface area contributed by atoms with Crippen LogP contribution in [0.25, 0.3) is 0 Å². The molecule has 27 heavy (non-hydrogen) atoms. The fraction of sp³-hybridized carbons (Fsp3) is 0.684. The standard InChI is InChI=1S/C19H28F2N2O4/c1-26-18-10-14(2-3-17(18)27-9-8-24)11-22-12-15(16(25)13-22)23-6-4-19(20,21)5-7-23/h2-3,10,15-16,24-25H,4-9,11-13H2,1H3/t15-,16-/m0/s1. The summed E-state index contributed by atoms with van der Waals surface area (Å²) in [4.78, 5) is 4.12. The van der Waals surface area contributed by atoms with E-state index in [4.69, 9.17) is 14.6 Å². The number of halogens is 2. The zero-order valence-electron chi connectivity index (χ0n) is 15.6. The van der Waals surface area contributed by atoms with Crippen molar-refractivity contribution in [3.8, 4) is 11.5 Å². The molecule has 8 heteroatoms. The molecule has 0 aliphatic carbocycles. The molecular formula is C19H28F2N2O4. The minimum absolute atomic E-state index is 0.0691. The van der Waals surface area contributed by atoms with E-state index in [-0.39, 0.29) is 32.1 Å². The number of aliphatic hydroxyl groups excluding tert-OH is 2. The van der Waals surface area contributed by atoms with Crippen molar-refractivity contribution in [2.75, 3.05) is 46.5 Å². The van der Waals surface area contributed by atoms with Crippen LogP contribution in [0.2, 0.25) is 0 Å². The van der Waals surface area contributed by atoms with E-state index < -0.39 is 12.0 Å². The Morgan fingerprint density at radius 1 is 1.19 bits per heavy atom. The van der Waals surface area contributed by atoms with E-state index in [0.29, 0.717) is 44.2 Å². The van der Waals surface area contributed by atoms with Crippen molar-refractivity contribution in [1.29, 1.82) is 0 Å². The van der Waals surface area contributed by atoms with Crippen molar-refractivity contribution in [3.63, 3.8) is 0 Å². The Morgan fingerprint density at radius 2 is 1.93 bits per heavy atom. The van der Waals surface area contributed by atoms with E-state index >= 15 is 0 Å². The highest BCUT2D eigenvalue weighted by Crippen LogP contribution is 2.32. The molecule has 2 N–H and O–H groups in total. The van der Waals surface area contributed by atoms with Gasteiger partial charge in [-0.25, -0.2) is 8.78 Å². The Kier molecular flexibility index (Phi) is 6.52. The molecule has 2 aliphatic rings. The summed E-state index contributed by atoms with van der Waals surface area (Å²) in [7, 11) is 1.56. The van der Waals surface area contributed by atoms with E-state index in [9.17, 15) is 13.9 Å². The van der Waals surface area contributed by atoms with Gasteiger partial charge in [-0.05, 0) is 17.7 Å². The van der Waals surface area contributed by atoms with E-state index in [2.05, 4.69) is 4.90 Å². The zero-order valence-corrected chi connectivity index (χ0v) is 15.6. The first-order chi connectivity index (χ1) is 12.9. The average Bonchev–Trinajstić information content (AvgIpc) is 3.00. The third-order valence-electron chi connectivity index (χ3n) is 5.32. The summed E-state index contributed by atoms with van der Waals surface area (Å²) in [5, 5.41) is 19.3. The lowest BCUT2D eigenvalue weighted by Crippen LogP contribution is -2.49. The maximum absolute atomic E-state index is 13.4. The number of likely N-dealkylation sites (tertiary alicyclic amines) is 2. The predicted octanol–water partition coefficient (Wildman–Crippen LogP) is 1.34. The van der Waals surface area contributed by atoms with Gasteiger partial charge in [0.15, 0.2) is 11.5 Å². The Morgan fingerprint density at radius 3 is 2.59 bits per heavy atom. The summed E-state index contributed by atoms with van der Waals surface area (Å²) < 4.78 is 37.5. The fourth-order valence-electron chi connectivity index (χ4n) is 3.86. The summed E-state index contributed by atoms with van der Waals surface area (Å²) in [6, 6.07) is 5.51. The Bertz CT molecular complexity index is 622. The van der Waals surface area contributed by atoms with Crippen molar-refractivity contribution in [1.82, 2.24) is 9.80 Å². The van der Waals surface area contributed by atoms with Gasteiger partial charge in [0, 0.05) is 51.6 Å². The molecule has 6 nitrogen and oxygen atoms in total. The predicted molar refractivity (Wildman–Crippen MR) is 96.4 cm³/mol. The minimum Gasteiger partial charge on any atom is -0.493 e. The van der Waals surface area contributed by atoms with Crippen molar-refractivity contribution in [2.24, 2.45) is 0 Å². The maximum Gasteiger partial charge on any atom is 0.250 e. The number of hydrogen-bond donors (Lipinski definition) is 2. The Hall–Kier alpha value is -1.48. The summed E-state index contributed by atoms with van der Waals surface area (Å²) >= 11 is 0. The number of ether oxygens (including phenoxy) is 2. The molecule has 0 aromatic heterocycles. The van der Waals surface area contributed by atoms with Crippen molar-refractivity contribution in [2.45, 2.75) is 37.5 Å². The number of aliphatic hydroxyl groups is 2. The number of hydrogen-bond acceptors (Lipinski definition) is 6. The largest absolute Gasteiger partial charge is 0.493 e. The molecule has 0 amide bonds. The molecule has 0 unspecified atom stereocenters. The molecule has 2 saturated heterocycles. The molecule has 1 aromatic rings. The zero-order chi connectivity index (χ0) is 19.4. The SMILES string of the molecule is COc1cc(CN2C[C@H](O)[C@@H](N3CCC(F)(F)CC3)C2)ccc1OCCO. The van der Waals surface area contributed by atoms with Crippen LogP contribution in [-0.4, -0.2) is 84.6 Å². The van der Waals surface area contributed by atoms with Crippen LogP contribution in [0.5, 0.6) is 11.5 Å². The van der Waals surface area contributed by atoms with Crippen molar-refractivity contribution < 1.29 is 28.5 Å². The summed E-state index contributed by atoms with van der Waals surface area (Å²) in [6.45, 7) is 2.58. The number of β-amino-alcohol motifs (C(OH)–C–C–N with tert-alkyl or cyclic N) is 1. The smallest absolute Gasteiger partial charge is 0.250 e. The lowest BCUT2D eigenvalue weighted by Gasteiger charge is -2.36. The van der Waals surface area contributed by atoms with Gasteiger partial charge in [0.2, 0.25) is 0 Å². The van der Waals surface area contributed by atoms with Gasteiger partial charge in [0.25, 0.3) is 5.92 Å². The van der Waals surface area contributed by atoms with Crippen LogP contribution < -0.4 is 9.47 Å². The van der Waals surface area contributed by atoms with Gasteiger partial charge in [-0.15, -0.1) is 0 Å². The first kappa shape index (κ1) is 20.3. The Labute approximate surface area is 158 Å². The van der Waals surface area contributed by atoms with Gasteiger partial charge in [-0.3, -0.25) is 9.80 Å². The first-order valence-electron chi connectivity index (χ1n) is 9.35. The lowest BCUT2D eigenvalue weighted by atomic mass is 10.0. The van der Waals surface area contributed by atoms with Crippen LogP contribution >= 0.6 is 0 Å². The van der Waals surface area contributed by atoms with Gasteiger partial charge in [-0.2, -0.15) is 0 Å². The lowest BCUT2D eigenvalue weighted by molar-refractivity contribution is -0.0698. The van der Waals surface area contributed by atoms with E-state index in [1.54, 1.807) is 13.2 Å². The molecule has 0 radical (unpaired) electrons. The number of rotatable bonds is 7. The summed E-state index contributed by atoms with van der Waals surface area (Å²) in [5.74, 6) is -1.41. The van der Waals surface area contributed by atoms with Crippen LogP contribution in [0.4, 0.5) is 8.78 Å². The second-order valence-corrected chi connectivity index (χ2v) is 7.28. The van der Waals surface area contributed by atoms with Gasteiger partial charge < -0.3 is 19.7 Å². The maximum atomic E-state index is 13.4. The number of nitrogens with zero attached hydrogens (tertiary/aromatic N) is 2. The van der Waals surface area contributed by atoms with Crippen LogP contribution in [0, 0.1) is 0 Å². The molecule has 2 atom stereocenters. The average molecular weight is 386 g/mol. The van der Waals surface area contributed by atoms with Crippen LogP contribution in [-0.2, 0) is 6.54 Å². The minimum atomic E-state index is -2.57. The first-order valence-corrected chi connectivity index (χ1v) is 9.35. The molecule has 152 valence electrons. The van der Waals surface area contributed by atoms with Gasteiger partial charge in [-0.1, -0.05) is 6.07 Å². The number of alkyl halides is 2. The van der Waals surface area contributed by atoms with Crippen molar-refractivity contribution >= 4 is 0 Å². The highest BCUT2D eigenvalue weighted by molar-refractivity contribution is 5.43. The molecule has 0 bridgehead atoms. The number of benzene rings is 1. The third kappa shape index (κ3) is 5.07. The monoisotopic (exact) mass is 386 g/mol. The highest BCUT2D eigenvalue weighted by atomic mass is 19.3. The molecule has 0 spiro atoms. The summed E-state index contributed by atoms with van der Waals surface area (Å²) in [6.07, 6.45) is -0.809. The van der Waals surface area contributed by atoms with Crippen LogP contribution in [0.15, 0.2) is 18.2 Å². The molecule has 1 aromatic carbocycles. The van der Waals surface area contributed by atoms with Gasteiger partial charge in [0.05, 0.1) is 19.8 Å². The summed E-state index contributed by atoms with van der Waals surface area (Å²) in [5.41, 5.74) is 1.02. The van der Waals surface area contributed by atoms with Gasteiger partial charge >= 0.3 is 0 Å². The number of methoxy groups -OCH3 is 1. The molecular weight excluding hydrogens is 358 g/mol. The highest BCUT2D eigenvalue weighted by Gasteiger charge is 2.41. The fourth-order valence-corrected chi connectivity index (χ4v) is 3.86. The van der Waals surface area contributed by atoms with E-state index in [1.165, 1.54) is 0 Å². The topological polar surface area (TPSA) is 65.4 Å². The second-order valence-electron chi connectivity index (χ2n) is 7.28.